The van der Waals surface area contributed by atoms with Crippen molar-refractivity contribution in [1.82, 2.24) is 14.1 Å². The van der Waals surface area contributed by atoms with Gasteiger partial charge in [-0.1, -0.05) is 25.1 Å². The van der Waals surface area contributed by atoms with Crippen LogP contribution in [0.2, 0.25) is 0 Å². The molecule has 3 rings (SSSR count). The lowest BCUT2D eigenvalue weighted by atomic mass is 10.2. The van der Waals surface area contributed by atoms with Crippen LogP contribution in [0.5, 0.6) is 0 Å². The minimum atomic E-state index is -3.52. The lowest BCUT2D eigenvalue weighted by molar-refractivity contribution is 0.580. The Morgan fingerprint density at radius 1 is 1.14 bits per heavy atom. The molecule has 0 unspecified atom stereocenters. The van der Waals surface area contributed by atoms with Crippen LogP contribution in [0.25, 0.3) is 5.65 Å². The molecule has 114 valence electrons. The molecule has 0 aliphatic carbocycles. The number of aromatic nitrogens is 2. The summed E-state index contributed by atoms with van der Waals surface area (Å²) in [5.41, 5.74) is 2.59. The molecule has 2 heterocycles. The summed E-state index contributed by atoms with van der Waals surface area (Å²) in [6, 6.07) is 12.6. The average Bonchev–Trinajstić information content (AvgIpc) is 2.96. The zero-order valence-corrected chi connectivity index (χ0v) is 13.0. The molecule has 0 saturated carbocycles. The SMILES string of the molecule is CCc1ccc(S(=O)(=O)NCc2cn3ccccc3n2)cc1. The maximum atomic E-state index is 12.3. The van der Waals surface area contributed by atoms with Gasteiger partial charge in [-0.3, -0.25) is 0 Å². The van der Waals surface area contributed by atoms with Gasteiger partial charge in [0.2, 0.25) is 10.0 Å². The highest BCUT2D eigenvalue weighted by Gasteiger charge is 2.14. The molecule has 0 saturated heterocycles. The highest BCUT2D eigenvalue weighted by molar-refractivity contribution is 7.89. The molecule has 0 spiro atoms. The van der Waals surface area contributed by atoms with Crippen LogP contribution < -0.4 is 4.72 Å². The second kappa shape index (κ2) is 5.90. The fourth-order valence-electron chi connectivity index (χ4n) is 2.23. The first kappa shape index (κ1) is 14.7. The third-order valence-corrected chi connectivity index (χ3v) is 4.92. The number of sulfonamides is 1. The Morgan fingerprint density at radius 2 is 1.91 bits per heavy atom. The highest BCUT2D eigenvalue weighted by Crippen LogP contribution is 2.12. The fraction of sp³-hybridized carbons (Fsp3) is 0.188. The Labute approximate surface area is 129 Å². The molecular weight excluding hydrogens is 298 g/mol. The number of hydrogen-bond donors (Lipinski definition) is 1. The summed E-state index contributed by atoms with van der Waals surface area (Å²) in [5.74, 6) is 0. The van der Waals surface area contributed by atoms with Gasteiger partial charge in [0.05, 0.1) is 17.1 Å². The predicted molar refractivity (Wildman–Crippen MR) is 85.0 cm³/mol. The van der Waals surface area contributed by atoms with Gasteiger partial charge in [0.15, 0.2) is 0 Å². The summed E-state index contributed by atoms with van der Waals surface area (Å²) in [6.07, 6.45) is 4.58. The highest BCUT2D eigenvalue weighted by atomic mass is 32.2. The minimum Gasteiger partial charge on any atom is -0.307 e. The second-order valence-electron chi connectivity index (χ2n) is 5.02. The monoisotopic (exact) mass is 315 g/mol. The van der Waals surface area contributed by atoms with Gasteiger partial charge in [-0.2, -0.15) is 0 Å². The standard InChI is InChI=1S/C16H17N3O2S/c1-2-13-6-8-15(9-7-13)22(20,21)17-11-14-12-19-10-4-3-5-16(19)18-14/h3-10,12,17H,2,11H2,1H3. The van der Waals surface area contributed by atoms with Gasteiger partial charge in [0.1, 0.15) is 5.65 Å². The smallest absolute Gasteiger partial charge is 0.240 e. The van der Waals surface area contributed by atoms with Crippen LogP contribution in [0.1, 0.15) is 18.2 Å². The molecule has 0 fully saturated rings. The number of fused-ring (bicyclic) bond motifs is 1. The summed E-state index contributed by atoms with van der Waals surface area (Å²) in [4.78, 5) is 4.64. The van der Waals surface area contributed by atoms with Crippen molar-refractivity contribution in [1.29, 1.82) is 0 Å². The molecule has 1 N–H and O–H groups in total. The number of rotatable bonds is 5. The van der Waals surface area contributed by atoms with Gasteiger partial charge in [-0.15, -0.1) is 0 Å². The number of nitrogens with zero attached hydrogens (tertiary/aromatic N) is 2. The van der Waals surface area contributed by atoms with E-state index < -0.39 is 10.0 Å². The van der Waals surface area contributed by atoms with E-state index in [1.165, 1.54) is 0 Å². The Kier molecular flexibility index (Phi) is 3.96. The zero-order valence-electron chi connectivity index (χ0n) is 12.2. The van der Waals surface area contributed by atoms with Crippen molar-refractivity contribution in [2.75, 3.05) is 0 Å². The van der Waals surface area contributed by atoms with E-state index >= 15 is 0 Å². The summed E-state index contributed by atoms with van der Waals surface area (Å²) in [7, 11) is -3.52. The van der Waals surface area contributed by atoms with E-state index in [9.17, 15) is 8.42 Å². The van der Waals surface area contributed by atoms with Crippen molar-refractivity contribution in [3.8, 4) is 0 Å². The molecule has 0 bridgehead atoms. The molecule has 6 heteroatoms. The van der Waals surface area contributed by atoms with Crippen molar-refractivity contribution in [2.24, 2.45) is 0 Å². The number of aryl methyl sites for hydroxylation is 1. The Morgan fingerprint density at radius 3 is 2.59 bits per heavy atom. The van der Waals surface area contributed by atoms with Crippen LogP contribution in [0.4, 0.5) is 0 Å². The van der Waals surface area contributed by atoms with Crippen molar-refractivity contribution in [3.63, 3.8) is 0 Å². The second-order valence-corrected chi connectivity index (χ2v) is 6.79. The molecule has 22 heavy (non-hydrogen) atoms. The molecule has 2 aromatic heterocycles. The molecule has 1 aromatic carbocycles. The molecular formula is C16H17N3O2S. The van der Waals surface area contributed by atoms with E-state index in [2.05, 4.69) is 9.71 Å². The lowest BCUT2D eigenvalue weighted by Gasteiger charge is -2.06. The topological polar surface area (TPSA) is 63.5 Å². The molecule has 0 radical (unpaired) electrons. The van der Waals surface area contributed by atoms with Crippen molar-refractivity contribution in [3.05, 3.63) is 66.1 Å². The van der Waals surface area contributed by atoms with Gasteiger partial charge < -0.3 is 4.40 Å². The molecule has 0 atom stereocenters. The first-order chi connectivity index (χ1) is 10.6. The summed E-state index contributed by atoms with van der Waals surface area (Å²) < 4.78 is 29.0. The first-order valence-electron chi connectivity index (χ1n) is 7.10. The number of hydrogen-bond acceptors (Lipinski definition) is 3. The van der Waals surface area contributed by atoms with Crippen LogP contribution in [0.3, 0.4) is 0 Å². The molecule has 0 aliphatic rings. The molecule has 3 aromatic rings. The predicted octanol–water partition coefficient (Wildman–Crippen LogP) is 2.38. The maximum absolute atomic E-state index is 12.3. The number of pyridine rings is 1. The van der Waals surface area contributed by atoms with E-state index in [1.807, 2.05) is 54.0 Å². The largest absolute Gasteiger partial charge is 0.307 e. The first-order valence-corrected chi connectivity index (χ1v) is 8.58. The molecule has 0 amide bonds. The quantitative estimate of drug-likeness (QED) is 0.786. The van der Waals surface area contributed by atoms with Crippen LogP contribution >= 0.6 is 0 Å². The van der Waals surface area contributed by atoms with E-state index in [0.717, 1.165) is 17.6 Å². The lowest BCUT2D eigenvalue weighted by Crippen LogP contribution is -2.23. The summed E-state index contributed by atoms with van der Waals surface area (Å²) in [5, 5.41) is 0. The zero-order chi connectivity index (χ0) is 15.6. The van der Waals surface area contributed by atoms with Crippen LogP contribution in [-0.4, -0.2) is 17.8 Å². The summed E-state index contributed by atoms with van der Waals surface area (Å²) >= 11 is 0. The van der Waals surface area contributed by atoms with Gasteiger partial charge in [0, 0.05) is 12.4 Å². The van der Waals surface area contributed by atoms with Crippen molar-refractivity contribution >= 4 is 15.7 Å². The fourth-order valence-corrected chi connectivity index (χ4v) is 3.23. The van der Waals surface area contributed by atoms with Gasteiger partial charge in [0.25, 0.3) is 0 Å². The van der Waals surface area contributed by atoms with Gasteiger partial charge in [-0.05, 0) is 36.2 Å². The normalized spacial score (nSPS) is 11.9. The molecule has 5 nitrogen and oxygen atoms in total. The van der Waals surface area contributed by atoms with E-state index in [0.29, 0.717) is 5.69 Å². The van der Waals surface area contributed by atoms with Crippen LogP contribution in [0.15, 0.2) is 59.8 Å². The maximum Gasteiger partial charge on any atom is 0.240 e. The minimum absolute atomic E-state index is 0.166. The molecule has 0 aliphatic heterocycles. The Bertz CT molecular complexity index is 850. The Balaban J connectivity index is 1.76. The third kappa shape index (κ3) is 3.03. The van der Waals surface area contributed by atoms with Crippen LogP contribution in [0, 0.1) is 0 Å². The number of benzene rings is 1. The summed E-state index contributed by atoms with van der Waals surface area (Å²) in [6.45, 7) is 2.20. The van der Waals surface area contributed by atoms with Gasteiger partial charge in [-0.25, -0.2) is 18.1 Å². The van der Waals surface area contributed by atoms with Crippen molar-refractivity contribution < 1.29 is 8.42 Å². The number of imidazole rings is 1. The van der Waals surface area contributed by atoms with E-state index in [-0.39, 0.29) is 11.4 Å². The van der Waals surface area contributed by atoms with E-state index in [4.69, 9.17) is 0 Å². The Hall–Kier alpha value is -2.18. The van der Waals surface area contributed by atoms with Crippen molar-refractivity contribution in [2.45, 2.75) is 24.8 Å². The van der Waals surface area contributed by atoms with Gasteiger partial charge >= 0.3 is 0 Å². The number of nitrogens with one attached hydrogen (secondary N) is 1. The van der Waals surface area contributed by atoms with E-state index in [1.54, 1.807) is 12.1 Å². The van der Waals surface area contributed by atoms with Crippen LogP contribution in [-0.2, 0) is 23.0 Å². The average molecular weight is 315 g/mol. The third-order valence-electron chi connectivity index (χ3n) is 3.50.